The molecule has 0 heteroatoms. The van der Waals surface area contributed by atoms with Crippen LogP contribution in [0.5, 0.6) is 0 Å². The third-order valence-electron chi connectivity index (χ3n) is 9.20. The van der Waals surface area contributed by atoms with Crippen LogP contribution in [0.4, 0.5) is 0 Å². The topological polar surface area (TPSA) is 0 Å². The third-order valence-corrected chi connectivity index (χ3v) is 9.20. The van der Waals surface area contributed by atoms with Gasteiger partial charge < -0.3 is 0 Å². The van der Waals surface area contributed by atoms with Crippen molar-refractivity contribution in [2.24, 2.45) is 5.41 Å². The molecule has 0 heterocycles. The number of rotatable bonds is 0. The second-order valence-electron chi connectivity index (χ2n) is 10.6. The first-order chi connectivity index (χ1) is 12.4. The molecule has 0 saturated heterocycles. The Kier molecular flexibility index (Phi) is 3.67. The molecule has 27 heavy (non-hydrogen) atoms. The molecule has 0 radical (unpaired) electrons. The lowest BCUT2D eigenvalue weighted by Gasteiger charge is -2.49. The number of benzene rings is 2. The van der Waals surface area contributed by atoms with Crippen molar-refractivity contribution in [3.8, 4) is 0 Å². The molecular formula is C27H36. The van der Waals surface area contributed by atoms with Gasteiger partial charge in [0, 0.05) is 0 Å². The summed E-state index contributed by atoms with van der Waals surface area (Å²) >= 11 is 0. The predicted molar refractivity (Wildman–Crippen MR) is 117 cm³/mol. The Hall–Kier alpha value is -1.56. The largest absolute Gasteiger partial charge is 0.0555 e. The van der Waals surface area contributed by atoms with E-state index in [1.54, 1.807) is 22.3 Å². The van der Waals surface area contributed by atoms with Gasteiger partial charge in [-0.05, 0) is 126 Å². The first-order valence-electron chi connectivity index (χ1n) is 10.6. The van der Waals surface area contributed by atoms with E-state index in [1.165, 1.54) is 46.2 Å². The molecule has 1 spiro atoms. The average Bonchev–Trinajstić information content (AvgIpc) is 2.93. The molecule has 144 valence electrons. The van der Waals surface area contributed by atoms with Crippen LogP contribution in [0.1, 0.15) is 83.3 Å². The minimum atomic E-state index is 0.168. The van der Waals surface area contributed by atoms with Crippen molar-refractivity contribution in [1.29, 1.82) is 0 Å². The molecule has 2 aliphatic carbocycles. The zero-order valence-corrected chi connectivity index (χ0v) is 19.1. The Morgan fingerprint density at radius 3 is 1.81 bits per heavy atom. The molecule has 0 amide bonds. The average molecular weight is 361 g/mol. The lowest BCUT2D eigenvalue weighted by Crippen LogP contribution is -2.49. The van der Waals surface area contributed by atoms with E-state index in [0.29, 0.717) is 0 Å². The molecule has 0 aliphatic heterocycles. The maximum absolute atomic E-state index is 2.53. The highest BCUT2D eigenvalue weighted by molar-refractivity contribution is 5.60. The number of hydrogen-bond donors (Lipinski definition) is 0. The van der Waals surface area contributed by atoms with E-state index in [0.717, 1.165) is 0 Å². The van der Waals surface area contributed by atoms with Gasteiger partial charge in [0.2, 0.25) is 0 Å². The Morgan fingerprint density at radius 2 is 1.19 bits per heavy atom. The molecule has 4 rings (SSSR count). The SMILES string of the molecule is Cc1cc2c(c(C)c1C)CC1(Cc3cc(C)c(C)c(C)c3C1(C)C)C2(C)C. The monoisotopic (exact) mass is 360 g/mol. The van der Waals surface area contributed by atoms with E-state index < -0.39 is 0 Å². The van der Waals surface area contributed by atoms with Crippen LogP contribution >= 0.6 is 0 Å². The third kappa shape index (κ3) is 2.00. The highest BCUT2D eigenvalue weighted by Crippen LogP contribution is 2.67. The normalized spacial score (nSPS) is 24.4. The summed E-state index contributed by atoms with van der Waals surface area (Å²) in [6.45, 7) is 24.0. The fourth-order valence-corrected chi connectivity index (χ4v) is 6.95. The van der Waals surface area contributed by atoms with Crippen LogP contribution in [0.15, 0.2) is 12.1 Å². The van der Waals surface area contributed by atoms with Gasteiger partial charge in [-0.1, -0.05) is 39.8 Å². The molecule has 0 N–H and O–H groups in total. The summed E-state index contributed by atoms with van der Waals surface area (Å²) in [7, 11) is 0. The minimum Gasteiger partial charge on any atom is -0.0555 e. The van der Waals surface area contributed by atoms with Crippen LogP contribution in [0.3, 0.4) is 0 Å². The van der Waals surface area contributed by atoms with Crippen LogP contribution in [-0.2, 0) is 23.7 Å². The van der Waals surface area contributed by atoms with Crippen LogP contribution < -0.4 is 0 Å². The van der Waals surface area contributed by atoms with Gasteiger partial charge in [0.15, 0.2) is 0 Å². The van der Waals surface area contributed by atoms with E-state index in [4.69, 9.17) is 0 Å². The van der Waals surface area contributed by atoms with E-state index in [9.17, 15) is 0 Å². The lowest BCUT2D eigenvalue weighted by molar-refractivity contribution is 0.0846. The molecule has 0 fully saturated rings. The van der Waals surface area contributed by atoms with Gasteiger partial charge >= 0.3 is 0 Å². The number of fused-ring (bicyclic) bond motifs is 2. The van der Waals surface area contributed by atoms with Crippen LogP contribution in [0.25, 0.3) is 0 Å². The summed E-state index contributed by atoms with van der Waals surface area (Å²) in [4.78, 5) is 0. The van der Waals surface area contributed by atoms with Gasteiger partial charge in [-0.2, -0.15) is 0 Å². The van der Waals surface area contributed by atoms with Gasteiger partial charge in [-0.3, -0.25) is 0 Å². The van der Waals surface area contributed by atoms with Crippen molar-refractivity contribution in [3.63, 3.8) is 0 Å². The number of aryl methyl sites for hydroxylation is 2. The van der Waals surface area contributed by atoms with E-state index in [2.05, 4.69) is 81.4 Å². The van der Waals surface area contributed by atoms with Gasteiger partial charge in [0.25, 0.3) is 0 Å². The summed E-state index contributed by atoms with van der Waals surface area (Å²) in [5.41, 5.74) is 16.0. The van der Waals surface area contributed by atoms with Crippen molar-refractivity contribution in [2.45, 2.75) is 92.9 Å². The molecule has 2 aliphatic rings. The summed E-state index contributed by atoms with van der Waals surface area (Å²) in [5, 5.41) is 0. The quantitative estimate of drug-likeness (QED) is 0.480. The van der Waals surface area contributed by atoms with Crippen molar-refractivity contribution in [3.05, 3.63) is 67.8 Å². The standard InChI is InChI=1S/C27H36/c1-15-11-21-13-27(26(9,10)24(21)20(6)18(15)4)14-22-19(5)17(3)16(2)12-23(22)25(27,7)8/h11-12H,13-14H2,1-10H3. The van der Waals surface area contributed by atoms with Gasteiger partial charge in [-0.25, -0.2) is 0 Å². The first kappa shape index (κ1) is 18.8. The Labute approximate surface area is 166 Å². The van der Waals surface area contributed by atoms with Crippen molar-refractivity contribution < 1.29 is 0 Å². The summed E-state index contributed by atoms with van der Waals surface area (Å²) in [5.74, 6) is 0. The van der Waals surface area contributed by atoms with E-state index >= 15 is 0 Å². The van der Waals surface area contributed by atoms with E-state index in [1.807, 2.05) is 0 Å². The summed E-state index contributed by atoms with van der Waals surface area (Å²) in [6.07, 6.45) is 2.41. The fourth-order valence-electron chi connectivity index (χ4n) is 6.95. The van der Waals surface area contributed by atoms with Crippen molar-refractivity contribution >= 4 is 0 Å². The Morgan fingerprint density at radius 1 is 0.630 bits per heavy atom. The van der Waals surface area contributed by atoms with Crippen LogP contribution in [0, 0.1) is 47.0 Å². The Bertz CT molecular complexity index is 984. The zero-order valence-electron chi connectivity index (χ0n) is 19.1. The fraction of sp³-hybridized carbons (Fsp3) is 0.556. The summed E-state index contributed by atoms with van der Waals surface area (Å²) in [6, 6.07) is 5.01. The number of hydrogen-bond acceptors (Lipinski definition) is 0. The molecule has 2 aromatic carbocycles. The maximum atomic E-state index is 2.53. The van der Waals surface area contributed by atoms with Gasteiger partial charge in [0.1, 0.15) is 0 Å². The smallest absolute Gasteiger partial charge is 0.00270 e. The first-order valence-corrected chi connectivity index (χ1v) is 10.6. The molecule has 0 nitrogen and oxygen atoms in total. The molecule has 0 saturated carbocycles. The zero-order chi connectivity index (χ0) is 20.1. The van der Waals surface area contributed by atoms with Crippen LogP contribution in [0.2, 0.25) is 0 Å². The molecule has 0 aromatic heterocycles. The second-order valence-corrected chi connectivity index (χ2v) is 10.6. The van der Waals surface area contributed by atoms with E-state index in [-0.39, 0.29) is 16.2 Å². The van der Waals surface area contributed by atoms with Gasteiger partial charge in [0.05, 0.1) is 0 Å². The molecule has 2 aromatic rings. The van der Waals surface area contributed by atoms with Crippen molar-refractivity contribution in [2.75, 3.05) is 0 Å². The Balaban J connectivity index is 2.01. The highest BCUT2D eigenvalue weighted by atomic mass is 14.7. The molecule has 1 unspecified atom stereocenters. The minimum absolute atomic E-state index is 0.168. The highest BCUT2D eigenvalue weighted by Gasteiger charge is 2.63. The molecule has 0 bridgehead atoms. The summed E-state index contributed by atoms with van der Waals surface area (Å²) < 4.78 is 0. The van der Waals surface area contributed by atoms with Crippen molar-refractivity contribution in [1.82, 2.24) is 0 Å². The van der Waals surface area contributed by atoms with Crippen LogP contribution in [-0.4, -0.2) is 0 Å². The second kappa shape index (κ2) is 5.28. The predicted octanol–water partition coefficient (Wildman–Crippen LogP) is 6.89. The lowest BCUT2D eigenvalue weighted by atomic mass is 9.53. The molecule has 1 atom stereocenters. The molecular weight excluding hydrogens is 324 g/mol. The maximum Gasteiger partial charge on any atom is -0.00270 e. The van der Waals surface area contributed by atoms with Gasteiger partial charge in [-0.15, -0.1) is 0 Å².